The third-order valence-corrected chi connectivity index (χ3v) is 5.87. The highest BCUT2D eigenvalue weighted by Crippen LogP contribution is 2.32. The Labute approximate surface area is 137 Å². The highest BCUT2D eigenvalue weighted by atomic mass is 35.5. The summed E-state index contributed by atoms with van der Waals surface area (Å²) in [4.78, 5) is 2.60. The van der Waals surface area contributed by atoms with Crippen LogP contribution in [0.1, 0.15) is 44.2 Å². The minimum absolute atomic E-state index is 0.406. The number of nitrogens with one attached hydrogen (secondary N) is 1. The number of rotatable bonds is 3. The van der Waals surface area contributed by atoms with Crippen LogP contribution in [-0.4, -0.2) is 30.6 Å². The Morgan fingerprint density at radius 3 is 2.76 bits per heavy atom. The maximum Gasteiger partial charge on any atom is 0.0595 e. The van der Waals surface area contributed by atoms with Gasteiger partial charge in [-0.2, -0.15) is 0 Å². The molecule has 3 unspecified atom stereocenters. The molecule has 2 saturated heterocycles. The molecular formula is C17H24Cl2N2. The van der Waals surface area contributed by atoms with Crippen LogP contribution in [0, 0.1) is 5.92 Å². The lowest BCUT2D eigenvalue weighted by atomic mass is 9.88. The molecule has 2 fully saturated rings. The Balaban J connectivity index is 1.68. The maximum absolute atomic E-state index is 6.17. The largest absolute Gasteiger partial charge is 0.314 e. The van der Waals surface area contributed by atoms with Crippen molar-refractivity contribution in [3.05, 3.63) is 33.8 Å². The van der Waals surface area contributed by atoms with Gasteiger partial charge in [0.05, 0.1) is 10.0 Å². The monoisotopic (exact) mass is 326 g/mol. The third kappa shape index (κ3) is 3.56. The highest BCUT2D eigenvalue weighted by Gasteiger charge is 2.31. The normalized spacial score (nSPS) is 28.7. The zero-order valence-electron chi connectivity index (χ0n) is 12.6. The van der Waals surface area contributed by atoms with Gasteiger partial charge >= 0.3 is 0 Å². The number of likely N-dealkylation sites (tertiary alicyclic amines) is 1. The summed E-state index contributed by atoms with van der Waals surface area (Å²) in [5.74, 6) is 0.798. The Kier molecular flexibility index (Phi) is 5.11. The molecule has 2 aliphatic rings. The second kappa shape index (κ2) is 6.87. The molecule has 116 valence electrons. The fraction of sp³-hybridized carbons (Fsp3) is 0.647. The van der Waals surface area contributed by atoms with Crippen molar-refractivity contribution in [2.24, 2.45) is 5.92 Å². The minimum atomic E-state index is 0.406. The van der Waals surface area contributed by atoms with Crippen molar-refractivity contribution >= 4 is 23.2 Å². The number of halogens is 2. The van der Waals surface area contributed by atoms with E-state index in [0.717, 1.165) is 12.0 Å². The zero-order valence-corrected chi connectivity index (χ0v) is 14.1. The summed E-state index contributed by atoms with van der Waals surface area (Å²) < 4.78 is 0. The van der Waals surface area contributed by atoms with E-state index in [1.54, 1.807) is 0 Å². The lowest BCUT2D eigenvalue weighted by Gasteiger charge is -2.39. The van der Waals surface area contributed by atoms with E-state index < -0.39 is 0 Å². The van der Waals surface area contributed by atoms with Crippen LogP contribution in [0.4, 0.5) is 0 Å². The molecule has 3 rings (SSSR count). The summed E-state index contributed by atoms with van der Waals surface area (Å²) >= 11 is 12.2. The summed E-state index contributed by atoms with van der Waals surface area (Å²) in [5.41, 5.74) is 1.27. The van der Waals surface area contributed by atoms with E-state index in [1.165, 1.54) is 50.9 Å². The highest BCUT2D eigenvalue weighted by molar-refractivity contribution is 6.42. The van der Waals surface area contributed by atoms with Gasteiger partial charge in [-0.25, -0.2) is 0 Å². The predicted molar refractivity (Wildman–Crippen MR) is 90.2 cm³/mol. The molecule has 2 heterocycles. The number of hydrogen-bond donors (Lipinski definition) is 1. The van der Waals surface area contributed by atoms with Gasteiger partial charge < -0.3 is 5.32 Å². The van der Waals surface area contributed by atoms with Crippen molar-refractivity contribution in [1.29, 1.82) is 0 Å². The molecule has 4 heteroatoms. The fourth-order valence-electron chi connectivity index (χ4n) is 3.82. The molecule has 1 aromatic rings. The maximum atomic E-state index is 6.17. The van der Waals surface area contributed by atoms with Gasteiger partial charge in [-0.3, -0.25) is 4.90 Å². The van der Waals surface area contributed by atoms with Crippen LogP contribution in [0.2, 0.25) is 10.0 Å². The standard InChI is InChI=1S/C17H24Cl2N2/c1-12(13-6-7-15(18)16(19)10-13)21-9-3-4-14(11-21)17-5-2-8-20-17/h6-7,10,12,14,17,20H,2-5,8-9,11H2,1H3. The van der Waals surface area contributed by atoms with Crippen LogP contribution in [0.3, 0.4) is 0 Å². The van der Waals surface area contributed by atoms with E-state index in [2.05, 4.69) is 23.2 Å². The molecule has 0 amide bonds. The molecule has 2 nitrogen and oxygen atoms in total. The van der Waals surface area contributed by atoms with Gasteiger partial charge in [-0.1, -0.05) is 29.3 Å². The Morgan fingerprint density at radius 2 is 2.05 bits per heavy atom. The van der Waals surface area contributed by atoms with Crippen molar-refractivity contribution in [2.75, 3.05) is 19.6 Å². The van der Waals surface area contributed by atoms with Gasteiger partial charge in [0.25, 0.3) is 0 Å². The topological polar surface area (TPSA) is 15.3 Å². The second-order valence-electron chi connectivity index (χ2n) is 6.45. The van der Waals surface area contributed by atoms with E-state index >= 15 is 0 Å². The quantitative estimate of drug-likeness (QED) is 0.878. The molecule has 3 atom stereocenters. The molecule has 1 N–H and O–H groups in total. The minimum Gasteiger partial charge on any atom is -0.314 e. The van der Waals surface area contributed by atoms with Crippen molar-refractivity contribution < 1.29 is 0 Å². The molecule has 0 aromatic heterocycles. The number of benzene rings is 1. The van der Waals surface area contributed by atoms with Gasteiger partial charge in [-0.15, -0.1) is 0 Å². The number of nitrogens with zero attached hydrogens (tertiary/aromatic N) is 1. The predicted octanol–water partition coefficient (Wildman–Crippen LogP) is 4.52. The average Bonchev–Trinajstić information content (AvgIpc) is 3.04. The molecular weight excluding hydrogens is 303 g/mol. The Morgan fingerprint density at radius 1 is 1.19 bits per heavy atom. The van der Waals surface area contributed by atoms with Crippen LogP contribution < -0.4 is 5.32 Å². The molecule has 2 aliphatic heterocycles. The first-order valence-corrected chi connectivity index (χ1v) is 8.83. The second-order valence-corrected chi connectivity index (χ2v) is 7.26. The lowest BCUT2D eigenvalue weighted by molar-refractivity contribution is 0.115. The molecule has 0 bridgehead atoms. The first kappa shape index (κ1) is 15.6. The van der Waals surface area contributed by atoms with Crippen molar-refractivity contribution in [2.45, 2.75) is 44.7 Å². The average molecular weight is 327 g/mol. The van der Waals surface area contributed by atoms with Gasteiger partial charge in [0.15, 0.2) is 0 Å². The van der Waals surface area contributed by atoms with E-state index in [1.807, 2.05) is 12.1 Å². The fourth-order valence-corrected chi connectivity index (χ4v) is 4.12. The van der Waals surface area contributed by atoms with Crippen molar-refractivity contribution in [1.82, 2.24) is 10.2 Å². The molecule has 0 saturated carbocycles. The summed E-state index contributed by atoms with van der Waals surface area (Å²) in [7, 11) is 0. The van der Waals surface area contributed by atoms with Gasteiger partial charge in [0.2, 0.25) is 0 Å². The van der Waals surface area contributed by atoms with Crippen LogP contribution in [0.5, 0.6) is 0 Å². The summed E-state index contributed by atoms with van der Waals surface area (Å²) in [6.07, 6.45) is 5.35. The molecule has 0 aliphatic carbocycles. The lowest BCUT2D eigenvalue weighted by Crippen LogP contribution is -2.44. The third-order valence-electron chi connectivity index (χ3n) is 5.13. The van der Waals surface area contributed by atoms with Crippen molar-refractivity contribution in [3.63, 3.8) is 0 Å². The van der Waals surface area contributed by atoms with E-state index in [9.17, 15) is 0 Å². The molecule has 1 aromatic carbocycles. The first-order valence-electron chi connectivity index (χ1n) is 8.07. The van der Waals surface area contributed by atoms with E-state index in [4.69, 9.17) is 23.2 Å². The number of hydrogen-bond acceptors (Lipinski definition) is 2. The summed E-state index contributed by atoms with van der Waals surface area (Å²) in [6, 6.07) is 7.18. The van der Waals surface area contributed by atoms with Crippen molar-refractivity contribution in [3.8, 4) is 0 Å². The van der Waals surface area contributed by atoms with Gasteiger partial charge in [-0.05, 0) is 69.3 Å². The van der Waals surface area contributed by atoms with E-state index in [-0.39, 0.29) is 0 Å². The molecule has 21 heavy (non-hydrogen) atoms. The summed E-state index contributed by atoms with van der Waals surface area (Å²) in [6.45, 7) is 5.86. The molecule has 0 spiro atoms. The Bertz CT molecular complexity index is 486. The smallest absolute Gasteiger partial charge is 0.0595 e. The van der Waals surface area contributed by atoms with Crippen LogP contribution in [0.15, 0.2) is 18.2 Å². The SMILES string of the molecule is CC(c1ccc(Cl)c(Cl)c1)N1CCCC(C2CCCN2)C1. The van der Waals surface area contributed by atoms with Crippen LogP contribution >= 0.6 is 23.2 Å². The van der Waals surface area contributed by atoms with Gasteiger partial charge in [0, 0.05) is 18.6 Å². The van der Waals surface area contributed by atoms with Crippen LogP contribution in [-0.2, 0) is 0 Å². The van der Waals surface area contributed by atoms with Crippen LogP contribution in [0.25, 0.3) is 0 Å². The zero-order chi connectivity index (χ0) is 14.8. The number of piperidine rings is 1. The summed E-state index contributed by atoms with van der Waals surface area (Å²) in [5, 5.41) is 4.97. The van der Waals surface area contributed by atoms with E-state index in [0.29, 0.717) is 16.1 Å². The first-order chi connectivity index (χ1) is 10.1. The Hall–Kier alpha value is -0.280. The van der Waals surface area contributed by atoms with Gasteiger partial charge in [0.1, 0.15) is 0 Å². The molecule has 0 radical (unpaired) electrons.